The number of amides is 1. The van der Waals surface area contributed by atoms with Gasteiger partial charge in [0.2, 0.25) is 0 Å². The van der Waals surface area contributed by atoms with Crippen LogP contribution in [0.15, 0.2) is 6.20 Å². The van der Waals surface area contributed by atoms with E-state index in [-0.39, 0.29) is 12.5 Å². The van der Waals surface area contributed by atoms with Gasteiger partial charge in [-0.1, -0.05) is 18.6 Å². The van der Waals surface area contributed by atoms with Crippen LogP contribution in [0.2, 0.25) is 0 Å². The molecule has 7 heteroatoms. The number of carbonyl (C=O) groups excluding carboxylic acids is 1. The van der Waals surface area contributed by atoms with Crippen molar-refractivity contribution in [1.29, 1.82) is 0 Å². The summed E-state index contributed by atoms with van der Waals surface area (Å²) >= 11 is 0. The van der Waals surface area contributed by atoms with E-state index in [1.54, 1.807) is 10.9 Å². The highest BCUT2D eigenvalue weighted by Crippen LogP contribution is 2.09. The number of nitrogens with one attached hydrogen (secondary N) is 2. The number of carbonyl (C=O) groups is 1. The molecule has 1 aliphatic rings. The third kappa shape index (κ3) is 3.05. The summed E-state index contributed by atoms with van der Waals surface area (Å²) in [6.45, 7) is 3.97. The molecule has 0 saturated carbocycles. The van der Waals surface area contributed by atoms with Crippen molar-refractivity contribution in [2.45, 2.75) is 31.9 Å². The Balaban J connectivity index is 1.82. The van der Waals surface area contributed by atoms with Gasteiger partial charge in [-0.15, -0.1) is 5.10 Å². The Bertz CT molecular complexity index is 402. The average molecular weight is 253 g/mol. The SMILES string of the molecule is CCCC(O)CNC(=O)c1cn(C2CNC2)nn1. The lowest BCUT2D eigenvalue weighted by molar-refractivity contribution is 0.0905. The number of rotatable bonds is 6. The summed E-state index contributed by atoms with van der Waals surface area (Å²) in [7, 11) is 0. The Morgan fingerprint density at radius 2 is 2.50 bits per heavy atom. The molecule has 3 N–H and O–H groups in total. The molecule has 1 aliphatic heterocycles. The fourth-order valence-electron chi connectivity index (χ4n) is 1.76. The number of aromatic nitrogens is 3. The quantitative estimate of drug-likeness (QED) is 0.624. The fourth-order valence-corrected chi connectivity index (χ4v) is 1.76. The van der Waals surface area contributed by atoms with Gasteiger partial charge in [-0.05, 0) is 6.42 Å². The lowest BCUT2D eigenvalue weighted by Gasteiger charge is -2.26. The second-order valence-electron chi connectivity index (χ2n) is 4.55. The van der Waals surface area contributed by atoms with Crippen LogP contribution in [0.3, 0.4) is 0 Å². The lowest BCUT2D eigenvalue weighted by atomic mass is 10.2. The summed E-state index contributed by atoms with van der Waals surface area (Å²) in [6.07, 6.45) is 2.72. The molecule has 0 spiro atoms. The van der Waals surface area contributed by atoms with Crippen LogP contribution in [-0.2, 0) is 0 Å². The first-order valence-corrected chi connectivity index (χ1v) is 6.29. The van der Waals surface area contributed by atoms with Crippen molar-refractivity contribution in [1.82, 2.24) is 25.6 Å². The van der Waals surface area contributed by atoms with Crippen LogP contribution < -0.4 is 10.6 Å². The summed E-state index contributed by atoms with van der Waals surface area (Å²) in [5, 5.41) is 23.1. The van der Waals surface area contributed by atoms with Gasteiger partial charge in [0.15, 0.2) is 5.69 Å². The molecule has 1 fully saturated rings. The summed E-state index contributed by atoms with van der Waals surface area (Å²) in [4.78, 5) is 11.7. The molecule has 0 radical (unpaired) electrons. The molecule has 100 valence electrons. The molecule has 0 aromatic carbocycles. The van der Waals surface area contributed by atoms with Gasteiger partial charge in [0.05, 0.1) is 18.3 Å². The maximum Gasteiger partial charge on any atom is 0.273 e. The van der Waals surface area contributed by atoms with Crippen LogP contribution >= 0.6 is 0 Å². The average Bonchev–Trinajstić information content (AvgIpc) is 2.73. The van der Waals surface area contributed by atoms with Crippen molar-refractivity contribution in [3.05, 3.63) is 11.9 Å². The van der Waals surface area contributed by atoms with Crippen LogP contribution in [0.25, 0.3) is 0 Å². The molecule has 1 unspecified atom stereocenters. The Kier molecular flexibility index (Phi) is 4.27. The number of aliphatic hydroxyl groups is 1. The van der Waals surface area contributed by atoms with Gasteiger partial charge in [-0.3, -0.25) is 4.79 Å². The van der Waals surface area contributed by atoms with Crippen LogP contribution in [0.4, 0.5) is 0 Å². The van der Waals surface area contributed by atoms with Gasteiger partial charge in [-0.25, -0.2) is 4.68 Å². The Hall–Kier alpha value is -1.47. The molecule has 1 atom stereocenters. The highest BCUT2D eigenvalue weighted by atomic mass is 16.3. The van der Waals surface area contributed by atoms with E-state index >= 15 is 0 Å². The van der Waals surface area contributed by atoms with Crippen LogP contribution in [0, 0.1) is 0 Å². The van der Waals surface area contributed by atoms with Crippen LogP contribution in [0.1, 0.15) is 36.3 Å². The molecule has 2 heterocycles. The smallest absolute Gasteiger partial charge is 0.273 e. The zero-order valence-electron chi connectivity index (χ0n) is 10.5. The van der Waals surface area contributed by atoms with Crippen LogP contribution in [-0.4, -0.2) is 51.7 Å². The van der Waals surface area contributed by atoms with E-state index < -0.39 is 6.10 Å². The minimum atomic E-state index is -0.496. The van der Waals surface area contributed by atoms with E-state index in [4.69, 9.17) is 0 Å². The topological polar surface area (TPSA) is 92.1 Å². The van der Waals surface area contributed by atoms with Crippen molar-refractivity contribution >= 4 is 5.91 Å². The van der Waals surface area contributed by atoms with Crippen LogP contribution in [0.5, 0.6) is 0 Å². The second-order valence-corrected chi connectivity index (χ2v) is 4.55. The van der Waals surface area contributed by atoms with Crippen molar-refractivity contribution in [2.75, 3.05) is 19.6 Å². The third-order valence-corrected chi connectivity index (χ3v) is 3.00. The maximum atomic E-state index is 11.7. The molecular formula is C11H19N5O2. The monoisotopic (exact) mass is 253 g/mol. The van der Waals surface area contributed by atoms with E-state index in [9.17, 15) is 9.90 Å². The molecule has 1 aromatic heterocycles. The molecule has 1 saturated heterocycles. The predicted molar refractivity (Wildman–Crippen MR) is 65.2 cm³/mol. The van der Waals surface area contributed by atoms with E-state index in [1.807, 2.05) is 6.92 Å². The minimum absolute atomic E-state index is 0.254. The standard InChI is InChI=1S/C11H19N5O2/c1-2-3-9(17)6-13-11(18)10-7-16(15-14-10)8-4-12-5-8/h7-9,12,17H,2-6H2,1H3,(H,13,18). The van der Waals surface area contributed by atoms with Gasteiger partial charge >= 0.3 is 0 Å². The predicted octanol–water partition coefficient (Wildman–Crippen LogP) is -0.687. The van der Waals surface area contributed by atoms with E-state index in [1.165, 1.54) is 0 Å². The zero-order chi connectivity index (χ0) is 13.0. The van der Waals surface area contributed by atoms with Gasteiger partial charge in [-0.2, -0.15) is 0 Å². The third-order valence-electron chi connectivity index (χ3n) is 3.00. The van der Waals surface area contributed by atoms with Gasteiger partial charge in [0.25, 0.3) is 5.91 Å². The molecule has 1 amide bonds. The summed E-state index contributed by atoms with van der Waals surface area (Å²) in [5.41, 5.74) is 0.297. The molecule has 0 aliphatic carbocycles. The van der Waals surface area contributed by atoms with Gasteiger partial charge in [0, 0.05) is 19.6 Å². The summed E-state index contributed by atoms with van der Waals surface area (Å²) in [6, 6.07) is 0.296. The Morgan fingerprint density at radius 3 is 3.11 bits per heavy atom. The first-order valence-electron chi connectivity index (χ1n) is 6.29. The highest BCUT2D eigenvalue weighted by molar-refractivity contribution is 5.91. The largest absolute Gasteiger partial charge is 0.391 e. The first kappa shape index (κ1) is 13.0. The normalized spacial score (nSPS) is 17.2. The molecule has 7 nitrogen and oxygen atoms in total. The second kappa shape index (κ2) is 5.92. The molecule has 0 bridgehead atoms. The number of nitrogens with zero attached hydrogens (tertiary/aromatic N) is 3. The summed E-state index contributed by atoms with van der Waals surface area (Å²) < 4.78 is 1.70. The van der Waals surface area contributed by atoms with E-state index in [2.05, 4.69) is 20.9 Å². The molecule has 18 heavy (non-hydrogen) atoms. The number of hydrogen-bond acceptors (Lipinski definition) is 5. The maximum absolute atomic E-state index is 11.7. The van der Waals surface area contributed by atoms with Crippen molar-refractivity contribution in [2.24, 2.45) is 0 Å². The van der Waals surface area contributed by atoms with Crippen molar-refractivity contribution in [3.8, 4) is 0 Å². The highest BCUT2D eigenvalue weighted by Gasteiger charge is 2.21. The first-order chi connectivity index (χ1) is 8.70. The molecular weight excluding hydrogens is 234 g/mol. The van der Waals surface area contributed by atoms with E-state index in [0.29, 0.717) is 18.2 Å². The summed E-state index contributed by atoms with van der Waals surface area (Å²) in [5.74, 6) is -0.288. The van der Waals surface area contributed by atoms with Gasteiger partial charge in [0.1, 0.15) is 0 Å². The molecule has 2 rings (SSSR count). The zero-order valence-corrected chi connectivity index (χ0v) is 10.5. The fraction of sp³-hybridized carbons (Fsp3) is 0.727. The van der Waals surface area contributed by atoms with E-state index in [0.717, 1.165) is 19.5 Å². The number of aliphatic hydroxyl groups excluding tert-OH is 1. The lowest BCUT2D eigenvalue weighted by Crippen LogP contribution is -2.43. The van der Waals surface area contributed by atoms with Crippen molar-refractivity contribution in [3.63, 3.8) is 0 Å². The minimum Gasteiger partial charge on any atom is -0.391 e. The van der Waals surface area contributed by atoms with Gasteiger partial charge < -0.3 is 15.7 Å². The van der Waals surface area contributed by atoms with Crippen molar-refractivity contribution < 1.29 is 9.90 Å². The molecule has 1 aromatic rings. The Morgan fingerprint density at radius 1 is 1.72 bits per heavy atom. The number of hydrogen-bond donors (Lipinski definition) is 3. The Labute approximate surface area is 106 Å².